The minimum Gasteiger partial charge on any atom is -0.411 e. The number of carbonyl (C=O) groups is 1. The van der Waals surface area contributed by atoms with E-state index in [2.05, 4.69) is 15.5 Å². The van der Waals surface area contributed by atoms with Crippen molar-refractivity contribution in [2.75, 3.05) is 0 Å². The SMILES string of the molecule is Cc1ccc(-c2nnc(S[C@@H](C)C(=O)NCc3ccccc3Cl)o2)cc1. The molecule has 0 spiro atoms. The monoisotopic (exact) mass is 387 g/mol. The van der Waals surface area contributed by atoms with Crippen molar-refractivity contribution in [1.82, 2.24) is 15.5 Å². The van der Waals surface area contributed by atoms with Crippen molar-refractivity contribution in [1.29, 1.82) is 0 Å². The van der Waals surface area contributed by atoms with Gasteiger partial charge in [0.25, 0.3) is 5.22 Å². The van der Waals surface area contributed by atoms with E-state index in [0.29, 0.717) is 22.7 Å². The molecule has 0 fully saturated rings. The Balaban J connectivity index is 1.57. The quantitative estimate of drug-likeness (QED) is 0.631. The van der Waals surface area contributed by atoms with Crippen LogP contribution in [0.15, 0.2) is 58.2 Å². The number of carbonyl (C=O) groups excluding carboxylic acids is 1. The van der Waals surface area contributed by atoms with Gasteiger partial charge in [0.2, 0.25) is 11.8 Å². The van der Waals surface area contributed by atoms with Crippen molar-refractivity contribution in [2.45, 2.75) is 30.9 Å². The van der Waals surface area contributed by atoms with Gasteiger partial charge in [-0.3, -0.25) is 4.79 Å². The highest BCUT2D eigenvalue weighted by Gasteiger charge is 2.18. The number of nitrogens with one attached hydrogen (secondary N) is 1. The molecular formula is C19H18ClN3O2S. The summed E-state index contributed by atoms with van der Waals surface area (Å²) in [6.45, 7) is 4.19. The summed E-state index contributed by atoms with van der Waals surface area (Å²) in [6, 6.07) is 15.2. The molecule has 3 rings (SSSR count). The second-order valence-electron chi connectivity index (χ2n) is 5.81. The van der Waals surface area contributed by atoms with Crippen molar-refractivity contribution in [3.63, 3.8) is 0 Å². The second kappa shape index (κ2) is 8.38. The molecule has 2 aromatic carbocycles. The van der Waals surface area contributed by atoms with Crippen molar-refractivity contribution >= 4 is 29.3 Å². The van der Waals surface area contributed by atoms with E-state index in [9.17, 15) is 4.79 Å². The number of thioether (sulfide) groups is 1. The third-order valence-electron chi connectivity index (χ3n) is 3.76. The summed E-state index contributed by atoms with van der Waals surface area (Å²) in [4.78, 5) is 12.3. The van der Waals surface area contributed by atoms with E-state index in [-0.39, 0.29) is 11.2 Å². The van der Waals surface area contributed by atoms with Crippen molar-refractivity contribution < 1.29 is 9.21 Å². The number of benzene rings is 2. The van der Waals surface area contributed by atoms with Crippen LogP contribution in [0.2, 0.25) is 5.02 Å². The number of aromatic nitrogens is 2. The first-order valence-electron chi connectivity index (χ1n) is 8.11. The zero-order valence-electron chi connectivity index (χ0n) is 14.4. The molecule has 0 aliphatic rings. The van der Waals surface area contributed by atoms with Crippen molar-refractivity contribution in [3.05, 3.63) is 64.7 Å². The van der Waals surface area contributed by atoms with E-state index in [0.717, 1.165) is 16.7 Å². The summed E-state index contributed by atoms with van der Waals surface area (Å²) in [7, 11) is 0. The van der Waals surface area contributed by atoms with Crippen molar-refractivity contribution in [3.8, 4) is 11.5 Å². The summed E-state index contributed by atoms with van der Waals surface area (Å²) in [5.74, 6) is 0.321. The summed E-state index contributed by atoms with van der Waals surface area (Å²) >= 11 is 7.32. The topological polar surface area (TPSA) is 68.0 Å². The van der Waals surface area contributed by atoms with Crippen LogP contribution >= 0.6 is 23.4 Å². The Morgan fingerprint density at radius 2 is 1.92 bits per heavy atom. The van der Waals surface area contributed by atoms with Crippen LogP contribution in [0.3, 0.4) is 0 Å². The molecule has 0 unspecified atom stereocenters. The van der Waals surface area contributed by atoms with E-state index < -0.39 is 0 Å². The van der Waals surface area contributed by atoms with Gasteiger partial charge in [0.15, 0.2) is 0 Å². The third kappa shape index (κ3) is 4.65. The Morgan fingerprint density at radius 3 is 2.65 bits per heavy atom. The second-order valence-corrected chi connectivity index (χ2v) is 7.51. The number of halogens is 1. The third-order valence-corrected chi connectivity index (χ3v) is 5.07. The normalized spacial score (nSPS) is 12.0. The number of hydrogen-bond donors (Lipinski definition) is 1. The predicted molar refractivity (Wildman–Crippen MR) is 103 cm³/mol. The average molecular weight is 388 g/mol. The summed E-state index contributed by atoms with van der Waals surface area (Å²) in [5, 5.41) is 11.6. The Hall–Kier alpha value is -2.31. The summed E-state index contributed by atoms with van der Waals surface area (Å²) in [5.41, 5.74) is 2.89. The van der Waals surface area contributed by atoms with E-state index in [1.54, 1.807) is 13.0 Å². The molecule has 0 aliphatic carbocycles. The molecular weight excluding hydrogens is 370 g/mol. The van der Waals surface area contributed by atoms with Crippen LogP contribution in [-0.4, -0.2) is 21.4 Å². The molecule has 0 aliphatic heterocycles. The first-order chi connectivity index (χ1) is 12.5. The summed E-state index contributed by atoms with van der Waals surface area (Å²) in [6.07, 6.45) is 0. The molecule has 0 radical (unpaired) electrons. The van der Waals surface area contributed by atoms with Gasteiger partial charge in [-0.2, -0.15) is 0 Å². The molecule has 0 saturated heterocycles. The molecule has 5 nitrogen and oxygen atoms in total. The summed E-state index contributed by atoms with van der Waals surface area (Å²) < 4.78 is 5.65. The van der Waals surface area contributed by atoms with E-state index in [1.807, 2.05) is 49.4 Å². The first kappa shape index (κ1) is 18.5. The van der Waals surface area contributed by atoms with E-state index in [4.69, 9.17) is 16.0 Å². The molecule has 0 saturated carbocycles. The number of nitrogens with zero attached hydrogens (tertiary/aromatic N) is 2. The molecule has 0 bridgehead atoms. The Kier molecular flexibility index (Phi) is 5.96. The van der Waals surface area contributed by atoms with Gasteiger partial charge in [-0.1, -0.05) is 59.3 Å². The number of amides is 1. The highest BCUT2D eigenvalue weighted by molar-refractivity contribution is 8.00. The lowest BCUT2D eigenvalue weighted by atomic mass is 10.1. The lowest BCUT2D eigenvalue weighted by molar-refractivity contribution is -0.120. The zero-order chi connectivity index (χ0) is 18.5. The molecule has 3 aromatic rings. The van der Waals surface area contributed by atoms with Crippen LogP contribution in [0.4, 0.5) is 0 Å². The Labute approximate surface area is 161 Å². The van der Waals surface area contributed by atoms with Gasteiger partial charge in [0.05, 0.1) is 5.25 Å². The molecule has 26 heavy (non-hydrogen) atoms. The molecule has 1 atom stereocenters. The van der Waals surface area contributed by atoms with E-state index in [1.165, 1.54) is 11.8 Å². The first-order valence-corrected chi connectivity index (χ1v) is 9.37. The minimum absolute atomic E-state index is 0.120. The number of hydrogen-bond acceptors (Lipinski definition) is 5. The smallest absolute Gasteiger partial charge is 0.277 e. The fourth-order valence-corrected chi connectivity index (χ4v) is 3.15. The van der Waals surface area contributed by atoms with Crippen LogP contribution in [0.25, 0.3) is 11.5 Å². The maximum Gasteiger partial charge on any atom is 0.277 e. The van der Waals surface area contributed by atoms with Crippen LogP contribution in [0, 0.1) is 6.92 Å². The molecule has 1 heterocycles. The van der Waals surface area contributed by atoms with Crippen LogP contribution in [0.1, 0.15) is 18.1 Å². The average Bonchev–Trinajstić information content (AvgIpc) is 3.09. The predicted octanol–water partition coefficient (Wildman–Crippen LogP) is 4.50. The lowest BCUT2D eigenvalue weighted by Gasteiger charge is -2.10. The van der Waals surface area contributed by atoms with Gasteiger partial charge in [0.1, 0.15) is 0 Å². The highest BCUT2D eigenvalue weighted by atomic mass is 35.5. The van der Waals surface area contributed by atoms with Gasteiger partial charge < -0.3 is 9.73 Å². The van der Waals surface area contributed by atoms with Gasteiger partial charge in [-0.25, -0.2) is 0 Å². The van der Waals surface area contributed by atoms with Crippen molar-refractivity contribution in [2.24, 2.45) is 0 Å². The van der Waals surface area contributed by atoms with Crippen LogP contribution < -0.4 is 5.32 Å². The highest BCUT2D eigenvalue weighted by Crippen LogP contribution is 2.26. The molecule has 1 aromatic heterocycles. The van der Waals surface area contributed by atoms with E-state index >= 15 is 0 Å². The lowest BCUT2D eigenvalue weighted by Crippen LogP contribution is -2.30. The Bertz CT molecular complexity index is 896. The van der Waals surface area contributed by atoms with Gasteiger partial charge in [-0.05, 0) is 37.6 Å². The molecule has 134 valence electrons. The number of aryl methyl sites for hydroxylation is 1. The zero-order valence-corrected chi connectivity index (χ0v) is 16.0. The fourth-order valence-electron chi connectivity index (χ4n) is 2.24. The Morgan fingerprint density at radius 1 is 1.19 bits per heavy atom. The van der Waals surface area contributed by atoms with Gasteiger partial charge in [-0.15, -0.1) is 10.2 Å². The minimum atomic E-state index is -0.371. The largest absolute Gasteiger partial charge is 0.411 e. The fraction of sp³-hybridized carbons (Fsp3) is 0.211. The van der Waals surface area contributed by atoms with Gasteiger partial charge >= 0.3 is 0 Å². The molecule has 1 amide bonds. The standard InChI is InChI=1S/C19H18ClN3O2S/c1-12-7-9-14(10-8-12)18-22-23-19(25-18)26-13(2)17(24)21-11-15-5-3-4-6-16(15)20/h3-10,13H,11H2,1-2H3,(H,21,24)/t13-/m0/s1. The molecule has 1 N–H and O–H groups in total. The van der Waals surface area contributed by atoms with Crippen LogP contribution in [-0.2, 0) is 11.3 Å². The maximum atomic E-state index is 12.3. The molecule has 7 heteroatoms. The number of rotatable bonds is 6. The van der Waals surface area contributed by atoms with Crippen LogP contribution in [0.5, 0.6) is 0 Å². The van der Waals surface area contributed by atoms with Gasteiger partial charge in [0, 0.05) is 17.1 Å². The maximum absolute atomic E-state index is 12.3.